The van der Waals surface area contributed by atoms with Gasteiger partial charge in [-0.1, -0.05) is 0 Å². The van der Waals surface area contributed by atoms with Crippen LogP contribution < -0.4 is 11.1 Å². The second kappa shape index (κ2) is 5.58. The Balaban J connectivity index is 2.33. The molecular weight excluding hydrogens is 282 g/mol. The van der Waals surface area contributed by atoms with Crippen LogP contribution in [-0.2, 0) is 0 Å². The number of hydrogen-bond acceptors (Lipinski definition) is 3. The zero-order chi connectivity index (χ0) is 15.6. The molecule has 0 aliphatic rings. The molecule has 0 aromatic heterocycles. The predicted molar refractivity (Wildman–Crippen MR) is 72.1 cm³/mol. The molecule has 0 unspecified atom stereocenters. The molecule has 4 N–H and O–H groups in total. The molecule has 0 saturated heterocycles. The standard InChI is InChI=1S/C14H10F2N2O3/c15-8-2-4-11(17)9(6-8)13(19)18-12-5-7(14(20)21)1-3-10(12)16/h1-6H,17H2,(H,18,19)(H,20,21). The summed E-state index contributed by atoms with van der Waals surface area (Å²) in [6, 6.07) is 6.12. The van der Waals surface area contributed by atoms with E-state index < -0.39 is 23.5 Å². The number of anilines is 2. The van der Waals surface area contributed by atoms with Crippen LogP contribution in [0.15, 0.2) is 36.4 Å². The molecule has 21 heavy (non-hydrogen) atoms. The second-order valence-corrected chi connectivity index (χ2v) is 4.19. The van der Waals surface area contributed by atoms with E-state index in [0.29, 0.717) is 0 Å². The number of nitrogen functional groups attached to an aromatic ring is 1. The van der Waals surface area contributed by atoms with Gasteiger partial charge in [0.2, 0.25) is 0 Å². The van der Waals surface area contributed by atoms with Gasteiger partial charge in [-0.2, -0.15) is 0 Å². The number of hydrogen-bond donors (Lipinski definition) is 3. The highest BCUT2D eigenvalue weighted by molar-refractivity contribution is 6.08. The van der Waals surface area contributed by atoms with Gasteiger partial charge in [0.15, 0.2) is 0 Å². The fraction of sp³-hybridized carbons (Fsp3) is 0. The maximum absolute atomic E-state index is 13.6. The quantitative estimate of drug-likeness (QED) is 0.758. The first-order valence-corrected chi connectivity index (χ1v) is 5.77. The first-order valence-electron chi connectivity index (χ1n) is 5.77. The summed E-state index contributed by atoms with van der Waals surface area (Å²) in [6.45, 7) is 0. The van der Waals surface area contributed by atoms with Gasteiger partial charge in [0.05, 0.1) is 16.8 Å². The van der Waals surface area contributed by atoms with Gasteiger partial charge >= 0.3 is 5.97 Å². The lowest BCUT2D eigenvalue weighted by molar-refractivity contribution is 0.0696. The van der Waals surface area contributed by atoms with E-state index >= 15 is 0 Å². The number of carboxylic acid groups (broad SMARTS) is 1. The lowest BCUT2D eigenvalue weighted by Gasteiger charge is -2.09. The van der Waals surface area contributed by atoms with Crippen LogP contribution in [0.5, 0.6) is 0 Å². The molecule has 1 amide bonds. The molecule has 0 spiro atoms. The number of halogens is 2. The van der Waals surface area contributed by atoms with E-state index in [9.17, 15) is 18.4 Å². The van der Waals surface area contributed by atoms with Gasteiger partial charge in [0.1, 0.15) is 11.6 Å². The summed E-state index contributed by atoms with van der Waals surface area (Å²) >= 11 is 0. The Bertz CT molecular complexity index is 732. The molecule has 108 valence electrons. The third-order valence-corrected chi connectivity index (χ3v) is 2.72. The third kappa shape index (κ3) is 3.14. The Kier molecular flexibility index (Phi) is 3.84. The molecule has 2 rings (SSSR count). The van der Waals surface area contributed by atoms with Gasteiger partial charge in [-0.25, -0.2) is 13.6 Å². The van der Waals surface area contributed by atoms with Gasteiger partial charge in [-0.15, -0.1) is 0 Å². The molecule has 5 nitrogen and oxygen atoms in total. The van der Waals surface area contributed by atoms with Crippen molar-refractivity contribution in [2.75, 3.05) is 11.1 Å². The monoisotopic (exact) mass is 292 g/mol. The number of benzene rings is 2. The minimum atomic E-state index is -1.27. The van der Waals surface area contributed by atoms with E-state index in [1.54, 1.807) is 0 Å². The van der Waals surface area contributed by atoms with Crippen LogP contribution in [0.2, 0.25) is 0 Å². The number of aromatic carboxylic acids is 1. The second-order valence-electron chi connectivity index (χ2n) is 4.19. The molecule has 7 heteroatoms. The number of carboxylic acids is 1. The Hall–Kier alpha value is -2.96. The predicted octanol–water partition coefficient (Wildman–Crippen LogP) is 2.50. The minimum Gasteiger partial charge on any atom is -0.478 e. The number of carbonyl (C=O) groups is 2. The number of nitrogens with one attached hydrogen (secondary N) is 1. The topological polar surface area (TPSA) is 92.4 Å². The lowest BCUT2D eigenvalue weighted by Crippen LogP contribution is -2.15. The van der Waals surface area contributed by atoms with Crippen LogP contribution in [0.4, 0.5) is 20.2 Å². The van der Waals surface area contributed by atoms with Crippen molar-refractivity contribution in [2.45, 2.75) is 0 Å². The Morgan fingerprint density at radius 1 is 1.10 bits per heavy atom. The molecular formula is C14H10F2N2O3. The molecule has 0 fully saturated rings. The van der Waals surface area contributed by atoms with Crippen molar-refractivity contribution in [1.29, 1.82) is 0 Å². The van der Waals surface area contributed by atoms with Gasteiger partial charge in [-0.05, 0) is 36.4 Å². The highest BCUT2D eigenvalue weighted by Gasteiger charge is 2.15. The zero-order valence-electron chi connectivity index (χ0n) is 10.6. The molecule has 0 aliphatic heterocycles. The highest BCUT2D eigenvalue weighted by atomic mass is 19.1. The lowest BCUT2D eigenvalue weighted by atomic mass is 10.1. The van der Waals surface area contributed by atoms with Crippen LogP contribution in [0.25, 0.3) is 0 Å². The molecule has 0 heterocycles. The SMILES string of the molecule is Nc1ccc(F)cc1C(=O)Nc1cc(C(=O)O)ccc1F. The Labute approximate surface area is 118 Å². The number of amides is 1. The largest absolute Gasteiger partial charge is 0.478 e. The summed E-state index contributed by atoms with van der Waals surface area (Å²) in [5.74, 6) is -3.60. The molecule has 0 atom stereocenters. The Morgan fingerprint density at radius 2 is 1.81 bits per heavy atom. The van der Waals surface area contributed by atoms with Crippen LogP contribution in [-0.4, -0.2) is 17.0 Å². The summed E-state index contributed by atoms with van der Waals surface area (Å²) in [5, 5.41) is 11.0. The van der Waals surface area contributed by atoms with E-state index in [1.807, 2.05) is 0 Å². The van der Waals surface area contributed by atoms with Crippen molar-refractivity contribution in [3.05, 3.63) is 59.2 Å². The van der Waals surface area contributed by atoms with E-state index in [1.165, 1.54) is 6.07 Å². The van der Waals surface area contributed by atoms with Crippen molar-refractivity contribution in [3.8, 4) is 0 Å². The van der Waals surface area contributed by atoms with E-state index in [4.69, 9.17) is 10.8 Å². The van der Waals surface area contributed by atoms with E-state index in [-0.39, 0.29) is 22.5 Å². The molecule has 0 aliphatic carbocycles. The van der Waals surface area contributed by atoms with Crippen LogP contribution >= 0.6 is 0 Å². The first kappa shape index (κ1) is 14.4. The third-order valence-electron chi connectivity index (χ3n) is 2.72. The molecule has 2 aromatic rings. The summed E-state index contributed by atoms with van der Waals surface area (Å²) < 4.78 is 26.7. The van der Waals surface area contributed by atoms with E-state index in [0.717, 1.165) is 30.3 Å². The van der Waals surface area contributed by atoms with E-state index in [2.05, 4.69) is 5.32 Å². The molecule has 2 aromatic carbocycles. The number of nitrogens with two attached hydrogens (primary N) is 1. The summed E-state index contributed by atoms with van der Waals surface area (Å²) in [5.41, 5.74) is 4.87. The fourth-order valence-corrected chi connectivity index (χ4v) is 1.67. The van der Waals surface area contributed by atoms with Crippen molar-refractivity contribution < 1.29 is 23.5 Å². The van der Waals surface area contributed by atoms with Crippen molar-refractivity contribution in [2.24, 2.45) is 0 Å². The van der Waals surface area contributed by atoms with Crippen molar-refractivity contribution >= 4 is 23.3 Å². The van der Waals surface area contributed by atoms with Crippen LogP contribution in [0.1, 0.15) is 20.7 Å². The summed E-state index contributed by atoms with van der Waals surface area (Å²) in [6.07, 6.45) is 0. The van der Waals surface area contributed by atoms with Gasteiger partial charge in [-0.3, -0.25) is 4.79 Å². The summed E-state index contributed by atoms with van der Waals surface area (Å²) in [7, 11) is 0. The average Bonchev–Trinajstić information content (AvgIpc) is 2.43. The van der Waals surface area contributed by atoms with Crippen LogP contribution in [0.3, 0.4) is 0 Å². The molecule has 0 bridgehead atoms. The van der Waals surface area contributed by atoms with Gasteiger partial charge in [0.25, 0.3) is 5.91 Å². The molecule has 0 radical (unpaired) electrons. The molecule has 0 saturated carbocycles. The van der Waals surface area contributed by atoms with Gasteiger partial charge in [0, 0.05) is 5.69 Å². The normalized spacial score (nSPS) is 10.2. The maximum Gasteiger partial charge on any atom is 0.335 e. The Morgan fingerprint density at radius 3 is 2.48 bits per heavy atom. The average molecular weight is 292 g/mol. The summed E-state index contributed by atoms with van der Waals surface area (Å²) in [4.78, 5) is 22.8. The number of rotatable bonds is 3. The minimum absolute atomic E-state index is 0.0173. The zero-order valence-corrected chi connectivity index (χ0v) is 10.6. The van der Waals surface area contributed by atoms with Crippen molar-refractivity contribution in [1.82, 2.24) is 0 Å². The van der Waals surface area contributed by atoms with Crippen LogP contribution in [0, 0.1) is 11.6 Å². The highest BCUT2D eigenvalue weighted by Crippen LogP contribution is 2.20. The fourth-order valence-electron chi connectivity index (χ4n) is 1.67. The first-order chi connectivity index (χ1) is 9.88. The number of carbonyl (C=O) groups excluding carboxylic acids is 1. The van der Waals surface area contributed by atoms with Gasteiger partial charge < -0.3 is 16.2 Å². The van der Waals surface area contributed by atoms with Crippen molar-refractivity contribution in [3.63, 3.8) is 0 Å². The maximum atomic E-state index is 13.6. The smallest absolute Gasteiger partial charge is 0.335 e.